The lowest BCUT2D eigenvalue weighted by molar-refractivity contribution is -0.145. The summed E-state index contributed by atoms with van der Waals surface area (Å²) in [7, 11) is 1.90. The van der Waals surface area contributed by atoms with Crippen LogP contribution < -0.4 is 10.1 Å². The highest BCUT2D eigenvalue weighted by molar-refractivity contribution is 5.77. The molecule has 1 heterocycles. The van der Waals surface area contributed by atoms with Crippen LogP contribution in [0, 0.1) is 5.92 Å². The van der Waals surface area contributed by atoms with Crippen LogP contribution in [-0.4, -0.2) is 47.2 Å². The fraction of sp³-hybridized carbons (Fsp3) is 0.533. The number of amides is 2. The van der Waals surface area contributed by atoms with E-state index < -0.39 is 12.1 Å². The van der Waals surface area contributed by atoms with Gasteiger partial charge in [0.2, 0.25) is 0 Å². The molecule has 2 N–H and O–H groups in total. The second-order valence-corrected chi connectivity index (χ2v) is 11.6. The number of nitrogens with zero attached hydrogens (tertiary/aromatic N) is 1. The number of nitrogens with one attached hydrogen (secondary N) is 1. The third-order valence-corrected chi connectivity index (χ3v) is 7.21. The maximum absolute atomic E-state index is 12.4. The normalized spacial score (nSPS) is 18.9. The maximum atomic E-state index is 12.4. The van der Waals surface area contributed by atoms with E-state index in [1.807, 2.05) is 50.1 Å². The first-order valence-electron chi connectivity index (χ1n) is 13.0. The summed E-state index contributed by atoms with van der Waals surface area (Å²) in [6, 6.07) is 16.5. The summed E-state index contributed by atoms with van der Waals surface area (Å²) >= 11 is 0. The van der Waals surface area contributed by atoms with Gasteiger partial charge < -0.3 is 20.1 Å². The van der Waals surface area contributed by atoms with E-state index in [9.17, 15) is 14.7 Å². The molecule has 36 heavy (non-hydrogen) atoms. The van der Waals surface area contributed by atoms with Crippen LogP contribution >= 0.6 is 0 Å². The van der Waals surface area contributed by atoms with E-state index in [0.717, 1.165) is 25.7 Å². The Kier molecular flexibility index (Phi) is 8.70. The van der Waals surface area contributed by atoms with Gasteiger partial charge in [0.05, 0.1) is 5.54 Å². The Morgan fingerprint density at radius 2 is 1.69 bits per heavy atom. The molecule has 6 heteroatoms. The third kappa shape index (κ3) is 7.02. The zero-order valence-electron chi connectivity index (χ0n) is 22.6. The van der Waals surface area contributed by atoms with Crippen LogP contribution in [0.25, 0.3) is 0 Å². The monoisotopic (exact) mass is 494 g/mol. The number of hydrogen-bond donors (Lipinski definition) is 2. The Bertz CT molecular complexity index is 1020. The van der Waals surface area contributed by atoms with Gasteiger partial charge in [0.15, 0.2) is 6.10 Å². The smallest absolute Gasteiger partial charge is 0.344 e. The van der Waals surface area contributed by atoms with E-state index in [0.29, 0.717) is 18.7 Å². The Labute approximate surface area is 216 Å². The first kappa shape index (κ1) is 27.6. The molecule has 2 atom stereocenters. The number of carboxylic acids is 1. The summed E-state index contributed by atoms with van der Waals surface area (Å²) in [5, 5.41) is 12.5. The molecule has 0 aromatic heterocycles. The van der Waals surface area contributed by atoms with Gasteiger partial charge >= 0.3 is 12.0 Å². The molecule has 1 aliphatic heterocycles. The van der Waals surface area contributed by atoms with Crippen LogP contribution in [0.1, 0.15) is 70.6 Å². The lowest BCUT2D eigenvalue weighted by Gasteiger charge is -2.35. The number of likely N-dealkylation sites (N-methyl/N-ethyl adjacent to an activating group) is 1. The zero-order chi connectivity index (χ0) is 26.5. The first-order chi connectivity index (χ1) is 16.9. The number of aliphatic carboxylic acids is 1. The average Bonchev–Trinajstić information content (AvgIpc) is 3.08. The molecule has 2 aromatic rings. The first-order valence-corrected chi connectivity index (χ1v) is 13.0. The van der Waals surface area contributed by atoms with Gasteiger partial charge in [-0.25, -0.2) is 9.59 Å². The highest BCUT2D eigenvalue weighted by Gasteiger charge is 2.42. The molecule has 0 spiro atoms. The molecule has 0 aliphatic carbocycles. The number of carbonyl (C=O) groups excluding carboxylic acids is 1. The minimum Gasteiger partial charge on any atom is -0.479 e. The molecule has 1 saturated heterocycles. The number of rotatable bonds is 11. The van der Waals surface area contributed by atoms with E-state index in [1.54, 1.807) is 0 Å². The quantitative estimate of drug-likeness (QED) is 0.412. The zero-order valence-corrected chi connectivity index (χ0v) is 22.6. The molecule has 0 saturated carbocycles. The van der Waals surface area contributed by atoms with Crippen molar-refractivity contribution in [2.24, 2.45) is 5.92 Å². The van der Waals surface area contributed by atoms with Crippen molar-refractivity contribution in [3.05, 3.63) is 65.2 Å². The Balaban J connectivity index is 1.62. The molecular weight excluding hydrogens is 452 g/mol. The standard InChI is InChI=1S/C30H42N2O4/c1-21(2)18-26(27(33)34)36-25-15-11-22(12-16-25)8-7-17-30(20-31-28(35)32(30)6)19-23-9-13-24(14-10-23)29(3,4)5/h9-16,21,26H,7-8,17-20H2,1-6H3,(H,31,35)(H,33,34). The number of aryl methyl sites for hydroxylation is 1. The minimum absolute atomic E-state index is 0.0165. The van der Waals surface area contributed by atoms with Crippen molar-refractivity contribution >= 4 is 12.0 Å². The Hall–Kier alpha value is -3.02. The van der Waals surface area contributed by atoms with Gasteiger partial charge in [-0.2, -0.15) is 0 Å². The second-order valence-electron chi connectivity index (χ2n) is 11.6. The third-order valence-electron chi connectivity index (χ3n) is 7.21. The van der Waals surface area contributed by atoms with Gasteiger partial charge in [0.25, 0.3) is 0 Å². The van der Waals surface area contributed by atoms with E-state index >= 15 is 0 Å². The number of benzene rings is 2. The van der Waals surface area contributed by atoms with Crippen LogP contribution in [-0.2, 0) is 23.1 Å². The predicted molar refractivity (Wildman–Crippen MR) is 144 cm³/mol. The fourth-order valence-electron chi connectivity index (χ4n) is 4.87. The van der Waals surface area contributed by atoms with Gasteiger partial charge in [-0.1, -0.05) is 71.0 Å². The highest BCUT2D eigenvalue weighted by Crippen LogP contribution is 2.31. The van der Waals surface area contributed by atoms with Crippen LogP contribution in [0.15, 0.2) is 48.5 Å². The summed E-state index contributed by atoms with van der Waals surface area (Å²) in [5.74, 6) is -0.119. The van der Waals surface area contributed by atoms with Gasteiger partial charge in [-0.3, -0.25) is 0 Å². The van der Waals surface area contributed by atoms with Crippen molar-refractivity contribution in [3.63, 3.8) is 0 Å². The van der Waals surface area contributed by atoms with Gasteiger partial charge in [-0.05, 0) is 72.3 Å². The van der Waals surface area contributed by atoms with Crippen molar-refractivity contribution in [2.45, 2.75) is 83.8 Å². The van der Waals surface area contributed by atoms with Crippen LogP contribution in [0.2, 0.25) is 0 Å². The van der Waals surface area contributed by atoms with Crippen molar-refractivity contribution in [1.29, 1.82) is 0 Å². The van der Waals surface area contributed by atoms with Crippen molar-refractivity contribution in [1.82, 2.24) is 10.2 Å². The van der Waals surface area contributed by atoms with E-state index in [2.05, 4.69) is 50.4 Å². The molecule has 0 bridgehead atoms. The van der Waals surface area contributed by atoms with Gasteiger partial charge in [-0.15, -0.1) is 0 Å². The second kappa shape index (κ2) is 11.4. The molecule has 3 rings (SSSR count). The summed E-state index contributed by atoms with van der Waals surface area (Å²) < 4.78 is 5.71. The highest BCUT2D eigenvalue weighted by atomic mass is 16.5. The molecule has 2 unspecified atom stereocenters. The van der Waals surface area contributed by atoms with Crippen molar-refractivity contribution in [2.75, 3.05) is 13.6 Å². The molecule has 2 amide bonds. The molecule has 0 radical (unpaired) electrons. The number of ether oxygens (including phenoxy) is 1. The minimum atomic E-state index is -0.935. The summed E-state index contributed by atoms with van der Waals surface area (Å²) in [5.41, 5.74) is 3.57. The molecule has 196 valence electrons. The molecular formula is C30H42N2O4. The van der Waals surface area contributed by atoms with Gasteiger partial charge in [0, 0.05) is 13.6 Å². The molecule has 1 aliphatic rings. The van der Waals surface area contributed by atoms with E-state index in [4.69, 9.17) is 4.74 Å². The Morgan fingerprint density at radius 1 is 1.08 bits per heavy atom. The van der Waals surface area contributed by atoms with E-state index in [-0.39, 0.29) is 22.9 Å². The van der Waals surface area contributed by atoms with Crippen molar-refractivity contribution < 1.29 is 19.4 Å². The Morgan fingerprint density at radius 3 is 2.19 bits per heavy atom. The van der Waals surface area contributed by atoms with Gasteiger partial charge in [0.1, 0.15) is 5.75 Å². The van der Waals surface area contributed by atoms with Crippen LogP contribution in [0.3, 0.4) is 0 Å². The lowest BCUT2D eigenvalue weighted by Crippen LogP contribution is -2.46. The van der Waals surface area contributed by atoms with Crippen molar-refractivity contribution in [3.8, 4) is 5.75 Å². The summed E-state index contributed by atoms with van der Waals surface area (Å²) in [4.78, 5) is 25.8. The average molecular weight is 495 g/mol. The topological polar surface area (TPSA) is 78.9 Å². The van der Waals surface area contributed by atoms with Crippen LogP contribution in [0.4, 0.5) is 4.79 Å². The molecule has 6 nitrogen and oxygen atoms in total. The number of carbonyl (C=O) groups is 2. The van der Waals surface area contributed by atoms with E-state index in [1.165, 1.54) is 16.7 Å². The fourth-order valence-corrected chi connectivity index (χ4v) is 4.87. The lowest BCUT2D eigenvalue weighted by atomic mass is 9.83. The number of hydrogen-bond acceptors (Lipinski definition) is 3. The SMILES string of the molecule is CC(C)CC(Oc1ccc(CCCC2(Cc3ccc(C(C)(C)C)cc3)CNC(=O)N2C)cc1)C(=O)O. The number of urea groups is 1. The number of carboxylic acid groups (broad SMARTS) is 1. The molecule has 1 fully saturated rings. The van der Waals surface area contributed by atoms with Crippen LogP contribution in [0.5, 0.6) is 5.75 Å². The summed E-state index contributed by atoms with van der Waals surface area (Å²) in [6.45, 7) is 11.3. The molecule has 2 aromatic carbocycles. The largest absolute Gasteiger partial charge is 0.479 e. The predicted octanol–water partition coefficient (Wildman–Crippen LogP) is 5.82. The summed E-state index contributed by atoms with van der Waals surface area (Å²) in [6.07, 6.45) is 3.14. The maximum Gasteiger partial charge on any atom is 0.344 e.